The second kappa shape index (κ2) is 4.31. The molecule has 15 heavy (non-hydrogen) atoms. The summed E-state index contributed by atoms with van der Waals surface area (Å²) in [7, 11) is 0. The van der Waals surface area contributed by atoms with Crippen LogP contribution in [0.25, 0.3) is 5.69 Å². The Morgan fingerprint density at radius 2 is 2.07 bits per heavy atom. The monoisotopic (exact) mass is 222 g/mol. The quantitative estimate of drug-likeness (QED) is 0.811. The molecule has 0 unspecified atom stereocenters. The van der Waals surface area contributed by atoms with Crippen molar-refractivity contribution >= 4 is 17.4 Å². The molecule has 0 aromatic carbocycles. The third-order valence-electron chi connectivity index (χ3n) is 1.98. The summed E-state index contributed by atoms with van der Waals surface area (Å²) in [5.74, 6) is 0.744. The van der Waals surface area contributed by atoms with Gasteiger partial charge in [0.15, 0.2) is 11.0 Å². The summed E-state index contributed by atoms with van der Waals surface area (Å²) in [4.78, 5) is 8.13. The number of hydrogen-bond donors (Lipinski definition) is 1. The van der Waals surface area contributed by atoms with Crippen molar-refractivity contribution in [3.8, 4) is 5.69 Å². The molecule has 0 amide bonds. The molecule has 5 heteroatoms. The average molecular weight is 223 g/mol. The van der Waals surface area contributed by atoms with Gasteiger partial charge in [-0.3, -0.25) is 0 Å². The molecule has 2 rings (SSSR count). The molecule has 1 N–H and O–H groups in total. The van der Waals surface area contributed by atoms with Crippen LogP contribution in [0.15, 0.2) is 30.9 Å². The molecule has 78 valence electrons. The normalized spacial score (nSPS) is 10.3. The SMILES string of the molecule is CCNc1ncnc(Cl)c1-n1cccc1. The van der Waals surface area contributed by atoms with Gasteiger partial charge in [-0.1, -0.05) is 11.6 Å². The lowest BCUT2D eigenvalue weighted by atomic mass is 10.4. The Bertz CT molecular complexity index is 439. The standard InChI is InChI=1S/C10H11ClN4/c1-2-12-10-8(9(11)13-7-14-10)15-5-3-4-6-15/h3-7H,2H2,1H3,(H,12,13,14). The number of rotatable bonds is 3. The van der Waals surface area contributed by atoms with E-state index >= 15 is 0 Å². The topological polar surface area (TPSA) is 42.7 Å². The molecule has 0 aliphatic rings. The van der Waals surface area contributed by atoms with Crippen molar-refractivity contribution in [3.05, 3.63) is 36.0 Å². The third-order valence-corrected chi connectivity index (χ3v) is 2.26. The fourth-order valence-corrected chi connectivity index (χ4v) is 1.60. The van der Waals surface area contributed by atoms with Crippen LogP contribution in [0.5, 0.6) is 0 Å². The largest absolute Gasteiger partial charge is 0.368 e. The van der Waals surface area contributed by atoms with E-state index in [1.54, 1.807) is 0 Å². The van der Waals surface area contributed by atoms with Crippen LogP contribution in [-0.2, 0) is 0 Å². The van der Waals surface area contributed by atoms with Gasteiger partial charge in [0.1, 0.15) is 12.0 Å². The molecule has 0 spiro atoms. The number of nitrogens with zero attached hydrogens (tertiary/aromatic N) is 3. The van der Waals surface area contributed by atoms with Crippen LogP contribution < -0.4 is 5.32 Å². The second-order valence-corrected chi connectivity index (χ2v) is 3.34. The minimum atomic E-state index is 0.442. The molecule has 2 heterocycles. The first-order valence-corrected chi connectivity index (χ1v) is 5.08. The van der Waals surface area contributed by atoms with E-state index < -0.39 is 0 Å². The van der Waals surface area contributed by atoms with Crippen molar-refractivity contribution in [2.75, 3.05) is 11.9 Å². The summed E-state index contributed by atoms with van der Waals surface area (Å²) in [5.41, 5.74) is 0.783. The highest BCUT2D eigenvalue weighted by Crippen LogP contribution is 2.24. The zero-order valence-electron chi connectivity index (χ0n) is 8.31. The molecule has 0 saturated heterocycles. The lowest BCUT2D eigenvalue weighted by Crippen LogP contribution is -2.06. The van der Waals surface area contributed by atoms with Crippen LogP contribution in [0, 0.1) is 0 Å². The van der Waals surface area contributed by atoms with Crippen LogP contribution in [0.2, 0.25) is 5.15 Å². The third kappa shape index (κ3) is 1.94. The minimum Gasteiger partial charge on any atom is -0.368 e. The van der Waals surface area contributed by atoms with E-state index in [1.807, 2.05) is 36.0 Å². The molecule has 0 bridgehead atoms. The molecule has 4 nitrogen and oxygen atoms in total. The highest BCUT2D eigenvalue weighted by Gasteiger charge is 2.09. The number of aromatic nitrogens is 3. The van der Waals surface area contributed by atoms with E-state index in [1.165, 1.54) is 6.33 Å². The van der Waals surface area contributed by atoms with Crippen molar-refractivity contribution < 1.29 is 0 Å². The maximum Gasteiger partial charge on any atom is 0.158 e. The Kier molecular flexibility index (Phi) is 2.87. The van der Waals surface area contributed by atoms with Gasteiger partial charge in [0.05, 0.1) is 0 Å². The molecule has 0 aliphatic heterocycles. The van der Waals surface area contributed by atoms with Gasteiger partial charge in [0.2, 0.25) is 0 Å². The van der Waals surface area contributed by atoms with Crippen molar-refractivity contribution in [3.63, 3.8) is 0 Å². The van der Waals surface area contributed by atoms with Crippen LogP contribution in [0.3, 0.4) is 0 Å². The van der Waals surface area contributed by atoms with E-state index in [9.17, 15) is 0 Å². The molecular formula is C10H11ClN4. The van der Waals surface area contributed by atoms with E-state index in [2.05, 4.69) is 15.3 Å². The maximum atomic E-state index is 6.04. The van der Waals surface area contributed by atoms with Gasteiger partial charge < -0.3 is 9.88 Å². The summed E-state index contributed by atoms with van der Waals surface area (Å²) in [6.45, 7) is 2.80. The van der Waals surface area contributed by atoms with Gasteiger partial charge in [-0.15, -0.1) is 0 Å². The highest BCUT2D eigenvalue weighted by atomic mass is 35.5. The molecule has 2 aromatic heterocycles. The predicted octanol–water partition coefficient (Wildman–Crippen LogP) is 2.35. The van der Waals surface area contributed by atoms with Crippen molar-refractivity contribution in [1.29, 1.82) is 0 Å². The lowest BCUT2D eigenvalue weighted by Gasteiger charge is -2.10. The summed E-state index contributed by atoms with van der Waals surface area (Å²) >= 11 is 6.04. The molecule has 2 aromatic rings. The lowest BCUT2D eigenvalue weighted by molar-refractivity contribution is 1.01. The van der Waals surface area contributed by atoms with Gasteiger partial charge in [-0.25, -0.2) is 9.97 Å². The summed E-state index contributed by atoms with van der Waals surface area (Å²) < 4.78 is 1.89. The Hall–Kier alpha value is -1.55. The Balaban J connectivity index is 2.52. The molecule has 0 aliphatic carbocycles. The Morgan fingerprint density at radius 3 is 2.73 bits per heavy atom. The van der Waals surface area contributed by atoms with Gasteiger partial charge in [0, 0.05) is 18.9 Å². The molecule has 0 fully saturated rings. The molecule has 0 saturated carbocycles. The Labute approximate surface area is 92.9 Å². The highest BCUT2D eigenvalue weighted by molar-refractivity contribution is 6.31. The van der Waals surface area contributed by atoms with Crippen molar-refractivity contribution in [2.24, 2.45) is 0 Å². The summed E-state index contributed by atoms with van der Waals surface area (Å²) in [6.07, 6.45) is 5.27. The first-order valence-electron chi connectivity index (χ1n) is 4.70. The first-order chi connectivity index (χ1) is 7.33. The van der Waals surface area contributed by atoms with Crippen LogP contribution in [0.1, 0.15) is 6.92 Å². The number of anilines is 1. The molecular weight excluding hydrogens is 212 g/mol. The van der Waals surface area contributed by atoms with E-state index in [4.69, 9.17) is 11.6 Å². The van der Waals surface area contributed by atoms with Gasteiger partial charge in [-0.2, -0.15) is 0 Å². The van der Waals surface area contributed by atoms with Crippen LogP contribution in [-0.4, -0.2) is 21.1 Å². The fraction of sp³-hybridized carbons (Fsp3) is 0.200. The van der Waals surface area contributed by atoms with E-state index in [-0.39, 0.29) is 0 Å². The number of nitrogens with one attached hydrogen (secondary N) is 1. The van der Waals surface area contributed by atoms with Crippen LogP contribution in [0.4, 0.5) is 5.82 Å². The predicted molar refractivity (Wildman–Crippen MR) is 60.5 cm³/mol. The maximum absolute atomic E-state index is 6.04. The zero-order valence-corrected chi connectivity index (χ0v) is 9.07. The summed E-state index contributed by atoms with van der Waals surface area (Å²) in [6, 6.07) is 3.86. The molecule has 0 atom stereocenters. The zero-order chi connectivity index (χ0) is 10.7. The van der Waals surface area contributed by atoms with E-state index in [0.29, 0.717) is 5.15 Å². The van der Waals surface area contributed by atoms with Gasteiger partial charge in [0.25, 0.3) is 0 Å². The van der Waals surface area contributed by atoms with Gasteiger partial charge in [-0.05, 0) is 19.1 Å². The fourth-order valence-electron chi connectivity index (χ4n) is 1.37. The second-order valence-electron chi connectivity index (χ2n) is 2.98. The van der Waals surface area contributed by atoms with E-state index in [0.717, 1.165) is 18.1 Å². The molecule has 0 radical (unpaired) electrons. The number of halogens is 1. The Morgan fingerprint density at radius 1 is 1.33 bits per heavy atom. The van der Waals surface area contributed by atoms with Gasteiger partial charge >= 0.3 is 0 Å². The summed E-state index contributed by atoms with van der Waals surface area (Å²) in [5, 5.41) is 3.59. The average Bonchev–Trinajstić information content (AvgIpc) is 2.71. The number of hydrogen-bond acceptors (Lipinski definition) is 3. The van der Waals surface area contributed by atoms with Crippen molar-refractivity contribution in [1.82, 2.24) is 14.5 Å². The first kappa shape index (κ1) is 9.98. The smallest absolute Gasteiger partial charge is 0.158 e. The van der Waals surface area contributed by atoms with Crippen molar-refractivity contribution in [2.45, 2.75) is 6.92 Å². The van der Waals surface area contributed by atoms with Crippen LogP contribution >= 0.6 is 11.6 Å². The minimum absolute atomic E-state index is 0.442.